The summed E-state index contributed by atoms with van der Waals surface area (Å²) in [4.78, 5) is 46.4. The monoisotopic (exact) mass is 546 g/mol. The van der Waals surface area contributed by atoms with Gasteiger partial charge in [0.15, 0.2) is 20.2 Å². The van der Waals surface area contributed by atoms with Crippen LogP contribution < -0.4 is 0 Å². The van der Waals surface area contributed by atoms with E-state index >= 15 is 0 Å². The molecule has 3 N–H and O–H groups in total. The highest BCUT2D eigenvalue weighted by Gasteiger charge is 2.42. The molecule has 0 aliphatic heterocycles. The number of quaternary nitrogens is 1. The summed E-state index contributed by atoms with van der Waals surface area (Å²) in [5, 5.41) is 26.8. The molecule has 0 radical (unpaired) electrons. The van der Waals surface area contributed by atoms with Crippen LogP contribution in [0.5, 0.6) is 0 Å². The number of hydrogen-bond acceptors (Lipinski definition) is 8. The number of amides is 1. The number of carbonyl (C=O) groups is 4. The molecule has 0 saturated carbocycles. The first-order valence-electron chi connectivity index (χ1n) is 12.3. The Morgan fingerprint density at radius 3 is 1.41 bits per heavy atom. The molecule has 0 aromatic heterocycles. The minimum atomic E-state index is -1.09. The van der Waals surface area contributed by atoms with Crippen LogP contribution in [0.15, 0.2) is 48.5 Å². The standard InChI is InChI=1S/C27H31NO11/c29-24(30)9-12-36-16-28(17-37-13-10-25(31)32,18-38-14-11-26(33)34)27(35)39-15-23-21-7-3-1-5-19(21)20-6-2-4-8-22(20)23/h1-8,23H,9-18H2,(H2-,29,30,31,32,33,34)/p+1. The van der Waals surface area contributed by atoms with E-state index in [2.05, 4.69) is 0 Å². The Hall–Kier alpha value is -3.84. The Balaban J connectivity index is 1.79. The van der Waals surface area contributed by atoms with Crippen LogP contribution in [0.2, 0.25) is 0 Å². The van der Waals surface area contributed by atoms with Gasteiger partial charge in [-0.1, -0.05) is 48.5 Å². The van der Waals surface area contributed by atoms with Gasteiger partial charge in [0.05, 0.1) is 39.1 Å². The van der Waals surface area contributed by atoms with Gasteiger partial charge in [0.2, 0.25) is 0 Å². The predicted octanol–water partition coefficient (Wildman–Crippen LogP) is 3.10. The molecule has 0 unspecified atom stereocenters. The van der Waals surface area contributed by atoms with Gasteiger partial charge < -0.3 is 34.3 Å². The zero-order chi connectivity index (χ0) is 28.3. The second kappa shape index (κ2) is 14.4. The van der Waals surface area contributed by atoms with Crippen molar-refractivity contribution in [3.63, 3.8) is 0 Å². The second-order valence-corrected chi connectivity index (χ2v) is 8.99. The van der Waals surface area contributed by atoms with Crippen LogP contribution in [0.4, 0.5) is 4.79 Å². The maximum Gasteiger partial charge on any atom is 0.521 e. The fraction of sp³-hybridized carbons (Fsp3) is 0.407. The van der Waals surface area contributed by atoms with Gasteiger partial charge in [0, 0.05) is 5.92 Å². The third-order valence-electron chi connectivity index (χ3n) is 6.12. The molecule has 0 saturated heterocycles. The summed E-state index contributed by atoms with van der Waals surface area (Å²) in [6.07, 6.45) is -1.75. The number of fused-ring (bicyclic) bond motifs is 3. The molecule has 12 heteroatoms. The molecule has 2 aromatic carbocycles. The molecule has 39 heavy (non-hydrogen) atoms. The molecule has 210 valence electrons. The number of carboxylic acids is 3. The van der Waals surface area contributed by atoms with Gasteiger partial charge in [-0.15, -0.1) is 0 Å². The highest BCUT2D eigenvalue weighted by Crippen LogP contribution is 2.44. The molecule has 1 amide bonds. The third-order valence-corrected chi connectivity index (χ3v) is 6.12. The molecule has 1 aliphatic carbocycles. The Morgan fingerprint density at radius 2 is 1.03 bits per heavy atom. The SMILES string of the molecule is O=C(O)CCOC[N+](COCCC(=O)O)(COCCC(=O)O)C(=O)OCC1c2ccccc2-c2ccccc21. The first-order valence-corrected chi connectivity index (χ1v) is 12.3. The summed E-state index contributed by atoms with van der Waals surface area (Å²) in [7, 11) is 0. The van der Waals surface area contributed by atoms with E-state index < -0.39 is 48.7 Å². The van der Waals surface area contributed by atoms with Crippen molar-refractivity contribution in [3.8, 4) is 11.1 Å². The Bertz CT molecular complexity index is 1070. The van der Waals surface area contributed by atoms with Crippen LogP contribution in [0.25, 0.3) is 11.1 Å². The van der Waals surface area contributed by atoms with Crippen molar-refractivity contribution in [2.45, 2.75) is 25.2 Å². The first kappa shape index (κ1) is 29.7. The molecule has 0 spiro atoms. The van der Waals surface area contributed by atoms with Crippen LogP contribution in [-0.2, 0) is 33.3 Å². The lowest BCUT2D eigenvalue weighted by Crippen LogP contribution is -2.57. The summed E-state index contributed by atoms with van der Waals surface area (Å²) < 4.78 is 21.5. The third kappa shape index (κ3) is 8.32. The zero-order valence-corrected chi connectivity index (χ0v) is 21.3. The molecule has 0 atom stereocenters. The molecule has 3 rings (SSSR count). The molecule has 1 aliphatic rings. The van der Waals surface area contributed by atoms with Crippen molar-refractivity contribution in [1.82, 2.24) is 0 Å². The summed E-state index contributed by atoms with van der Waals surface area (Å²) >= 11 is 0. The van der Waals surface area contributed by atoms with E-state index in [4.69, 9.17) is 34.3 Å². The van der Waals surface area contributed by atoms with Crippen LogP contribution in [0, 0.1) is 0 Å². The number of nitrogens with zero attached hydrogens (tertiary/aromatic N) is 1. The maximum atomic E-state index is 13.6. The van der Waals surface area contributed by atoms with Crippen LogP contribution >= 0.6 is 0 Å². The van der Waals surface area contributed by atoms with Gasteiger partial charge in [0.1, 0.15) is 6.61 Å². The second-order valence-electron chi connectivity index (χ2n) is 8.99. The van der Waals surface area contributed by atoms with Crippen molar-refractivity contribution < 1.29 is 57.9 Å². The number of benzene rings is 2. The number of rotatable bonds is 17. The van der Waals surface area contributed by atoms with Gasteiger partial charge >= 0.3 is 24.0 Å². The lowest BCUT2D eigenvalue weighted by atomic mass is 9.98. The normalized spacial score (nSPS) is 12.5. The molecule has 0 heterocycles. The topological polar surface area (TPSA) is 166 Å². The largest absolute Gasteiger partial charge is 0.521 e. The summed E-state index contributed by atoms with van der Waals surface area (Å²) in [5.74, 6) is -3.52. The molecular formula is C27H32NO11+. The number of carbonyl (C=O) groups excluding carboxylic acids is 1. The maximum absolute atomic E-state index is 13.6. The van der Waals surface area contributed by atoms with Gasteiger partial charge in [-0.2, -0.15) is 9.28 Å². The smallest absolute Gasteiger partial charge is 0.481 e. The summed E-state index contributed by atoms with van der Waals surface area (Å²) in [5.41, 5.74) is 4.08. The zero-order valence-electron chi connectivity index (χ0n) is 21.3. The van der Waals surface area contributed by atoms with E-state index in [1.54, 1.807) is 0 Å². The van der Waals surface area contributed by atoms with Crippen LogP contribution in [0.1, 0.15) is 36.3 Å². The summed E-state index contributed by atoms with van der Waals surface area (Å²) in [6.45, 7) is -1.85. The Labute approximate surface area is 224 Å². The van der Waals surface area contributed by atoms with Crippen molar-refractivity contribution >= 4 is 24.0 Å². The summed E-state index contributed by atoms with van der Waals surface area (Å²) in [6, 6.07) is 15.6. The fourth-order valence-electron chi connectivity index (χ4n) is 4.20. The molecular weight excluding hydrogens is 514 g/mol. The molecule has 0 bridgehead atoms. The Kier molecular flexibility index (Phi) is 10.9. The van der Waals surface area contributed by atoms with Gasteiger partial charge in [-0.05, 0) is 22.3 Å². The minimum Gasteiger partial charge on any atom is -0.481 e. The Morgan fingerprint density at radius 1 is 0.641 bits per heavy atom. The molecule has 12 nitrogen and oxygen atoms in total. The van der Waals surface area contributed by atoms with E-state index in [1.165, 1.54) is 0 Å². The van der Waals surface area contributed by atoms with Crippen LogP contribution in [-0.4, -0.2) is 90.4 Å². The number of aliphatic carboxylic acids is 3. The quantitative estimate of drug-likeness (QED) is 0.152. The minimum absolute atomic E-state index is 0.0216. The predicted molar refractivity (Wildman–Crippen MR) is 135 cm³/mol. The van der Waals surface area contributed by atoms with Gasteiger partial charge in [-0.3, -0.25) is 14.4 Å². The van der Waals surface area contributed by atoms with Crippen molar-refractivity contribution in [2.75, 3.05) is 46.6 Å². The molecule has 0 fully saturated rings. The first-order chi connectivity index (χ1) is 18.7. The van der Waals surface area contributed by atoms with Crippen LogP contribution in [0.3, 0.4) is 0 Å². The lowest BCUT2D eigenvalue weighted by molar-refractivity contribution is -0.914. The van der Waals surface area contributed by atoms with Crippen molar-refractivity contribution in [1.29, 1.82) is 0 Å². The number of carboxylic acid groups (broad SMARTS) is 3. The van der Waals surface area contributed by atoms with Gasteiger partial charge in [-0.25, -0.2) is 0 Å². The fourth-order valence-corrected chi connectivity index (χ4v) is 4.20. The van der Waals surface area contributed by atoms with Crippen molar-refractivity contribution in [3.05, 3.63) is 59.7 Å². The lowest BCUT2D eigenvalue weighted by Gasteiger charge is -2.33. The molecule has 2 aromatic rings. The highest BCUT2D eigenvalue weighted by molar-refractivity contribution is 5.79. The highest BCUT2D eigenvalue weighted by atomic mass is 16.6. The number of ether oxygens (including phenoxy) is 4. The van der Waals surface area contributed by atoms with E-state index in [0.29, 0.717) is 0 Å². The van der Waals surface area contributed by atoms with Gasteiger partial charge in [0.25, 0.3) is 0 Å². The number of hydrogen-bond donors (Lipinski definition) is 3. The average molecular weight is 547 g/mol. The van der Waals surface area contributed by atoms with E-state index in [9.17, 15) is 19.2 Å². The van der Waals surface area contributed by atoms with Crippen molar-refractivity contribution in [2.24, 2.45) is 0 Å². The average Bonchev–Trinajstić information content (AvgIpc) is 3.23. The van der Waals surface area contributed by atoms with E-state index in [1.807, 2.05) is 48.5 Å². The van der Waals surface area contributed by atoms with E-state index in [-0.39, 0.29) is 51.6 Å². The van der Waals surface area contributed by atoms with E-state index in [0.717, 1.165) is 22.3 Å².